The van der Waals surface area contributed by atoms with Crippen molar-refractivity contribution in [2.24, 2.45) is 5.92 Å². The van der Waals surface area contributed by atoms with E-state index in [4.69, 9.17) is 15.2 Å². The lowest BCUT2D eigenvalue weighted by Crippen LogP contribution is -2.38. The first-order valence-electron chi connectivity index (χ1n) is 10.0. The Bertz CT molecular complexity index is 1120. The number of esters is 1. The third-order valence-corrected chi connectivity index (χ3v) is 5.66. The summed E-state index contributed by atoms with van der Waals surface area (Å²) < 4.78 is 11.6. The number of nitrogen functional groups attached to an aromatic ring is 1. The Hall–Kier alpha value is -3.69. The number of hydrogen-bond acceptors (Lipinski definition) is 8. The second-order valence-electron chi connectivity index (χ2n) is 7.48. The van der Waals surface area contributed by atoms with Crippen molar-refractivity contribution in [3.8, 4) is 17.1 Å². The Morgan fingerprint density at radius 1 is 1.16 bits per heavy atom. The van der Waals surface area contributed by atoms with Crippen LogP contribution in [-0.2, 0) is 9.53 Å². The van der Waals surface area contributed by atoms with E-state index in [0.29, 0.717) is 48.3 Å². The van der Waals surface area contributed by atoms with Gasteiger partial charge in [-0.3, -0.25) is 9.59 Å². The summed E-state index contributed by atoms with van der Waals surface area (Å²) >= 11 is 0. The van der Waals surface area contributed by atoms with Crippen LogP contribution in [0, 0.1) is 5.92 Å². The predicted molar refractivity (Wildman–Crippen MR) is 112 cm³/mol. The van der Waals surface area contributed by atoms with Gasteiger partial charge in [0.2, 0.25) is 5.88 Å². The minimum absolute atomic E-state index is 0.0290. The number of carbonyl (C=O) groups is 2. The van der Waals surface area contributed by atoms with Crippen LogP contribution in [0.3, 0.4) is 0 Å². The van der Waals surface area contributed by atoms with E-state index < -0.39 is 0 Å². The third-order valence-electron chi connectivity index (χ3n) is 5.66. The van der Waals surface area contributed by atoms with Crippen LogP contribution >= 0.6 is 0 Å². The summed E-state index contributed by atoms with van der Waals surface area (Å²) in [7, 11) is 2.94. The molecule has 1 aliphatic carbocycles. The molecule has 0 saturated heterocycles. The van der Waals surface area contributed by atoms with Crippen LogP contribution < -0.4 is 15.8 Å². The average molecular weight is 424 g/mol. The van der Waals surface area contributed by atoms with Crippen molar-refractivity contribution in [1.29, 1.82) is 0 Å². The van der Waals surface area contributed by atoms with E-state index in [-0.39, 0.29) is 29.7 Å². The van der Waals surface area contributed by atoms with Gasteiger partial charge in [0, 0.05) is 23.9 Å². The van der Waals surface area contributed by atoms with Crippen molar-refractivity contribution in [2.45, 2.75) is 31.7 Å². The lowest BCUT2D eigenvalue weighted by atomic mass is 9.86. The molecule has 0 radical (unpaired) electrons. The summed E-state index contributed by atoms with van der Waals surface area (Å²) in [5, 5.41) is 7.36. The minimum Gasteiger partial charge on any atom is -0.481 e. The van der Waals surface area contributed by atoms with Crippen molar-refractivity contribution < 1.29 is 19.1 Å². The fourth-order valence-electron chi connectivity index (χ4n) is 4.03. The molecule has 0 aliphatic heterocycles. The van der Waals surface area contributed by atoms with Gasteiger partial charge in [-0.1, -0.05) is 0 Å². The summed E-state index contributed by atoms with van der Waals surface area (Å²) in [6, 6.07) is 5.28. The number of methoxy groups -OCH3 is 2. The Labute approximate surface area is 178 Å². The van der Waals surface area contributed by atoms with Crippen molar-refractivity contribution in [2.75, 3.05) is 20.0 Å². The number of nitrogens with one attached hydrogen (secondary N) is 1. The van der Waals surface area contributed by atoms with Gasteiger partial charge in [-0.2, -0.15) is 5.10 Å². The van der Waals surface area contributed by atoms with Crippen LogP contribution in [0.15, 0.2) is 30.7 Å². The first kappa shape index (κ1) is 20.6. The first-order chi connectivity index (χ1) is 15.0. The molecule has 0 unspecified atom stereocenters. The molecule has 3 aromatic heterocycles. The van der Waals surface area contributed by atoms with E-state index in [1.54, 1.807) is 28.9 Å². The van der Waals surface area contributed by atoms with Gasteiger partial charge in [0.05, 0.1) is 31.4 Å². The van der Waals surface area contributed by atoms with E-state index >= 15 is 0 Å². The second-order valence-corrected chi connectivity index (χ2v) is 7.48. The van der Waals surface area contributed by atoms with E-state index in [1.165, 1.54) is 20.5 Å². The number of nitrogens with two attached hydrogens (primary N) is 1. The van der Waals surface area contributed by atoms with Gasteiger partial charge >= 0.3 is 5.97 Å². The molecule has 3 N–H and O–H groups in total. The summed E-state index contributed by atoms with van der Waals surface area (Å²) in [5.74, 6) is 0.105. The third kappa shape index (κ3) is 4.00. The summed E-state index contributed by atoms with van der Waals surface area (Å²) in [6.45, 7) is 0. The minimum atomic E-state index is -0.257. The molecule has 0 atom stereocenters. The van der Waals surface area contributed by atoms with Crippen molar-refractivity contribution in [1.82, 2.24) is 24.9 Å². The zero-order valence-electron chi connectivity index (χ0n) is 17.4. The van der Waals surface area contributed by atoms with Gasteiger partial charge in [0.15, 0.2) is 5.82 Å². The largest absolute Gasteiger partial charge is 0.481 e. The lowest BCUT2D eigenvalue weighted by Gasteiger charge is -2.27. The second kappa shape index (κ2) is 8.58. The van der Waals surface area contributed by atoms with Crippen molar-refractivity contribution in [3.05, 3.63) is 36.3 Å². The number of nitrogens with zero attached hydrogens (tertiary/aromatic N) is 4. The van der Waals surface area contributed by atoms with E-state index in [0.717, 1.165) is 5.56 Å². The monoisotopic (exact) mass is 424 g/mol. The van der Waals surface area contributed by atoms with Crippen molar-refractivity contribution in [3.63, 3.8) is 0 Å². The fourth-order valence-corrected chi connectivity index (χ4v) is 4.03. The molecule has 1 fully saturated rings. The molecule has 162 valence electrons. The fraction of sp³-hybridized carbons (Fsp3) is 0.381. The number of pyridine rings is 1. The molecule has 31 heavy (non-hydrogen) atoms. The van der Waals surface area contributed by atoms with E-state index in [1.807, 2.05) is 0 Å². The molecular weight excluding hydrogens is 400 g/mol. The molecule has 1 aliphatic rings. The summed E-state index contributed by atoms with van der Waals surface area (Å²) in [4.78, 5) is 33.1. The van der Waals surface area contributed by atoms with Crippen LogP contribution in [-0.4, -0.2) is 51.7 Å². The van der Waals surface area contributed by atoms with Gasteiger partial charge < -0.3 is 20.5 Å². The zero-order valence-corrected chi connectivity index (χ0v) is 17.4. The zero-order chi connectivity index (χ0) is 22.0. The number of anilines is 1. The van der Waals surface area contributed by atoms with Crippen LogP contribution in [0.5, 0.6) is 5.88 Å². The number of aromatic nitrogens is 4. The van der Waals surface area contributed by atoms with Gasteiger partial charge in [-0.05, 0) is 37.8 Å². The molecule has 4 rings (SSSR count). The van der Waals surface area contributed by atoms with Crippen LogP contribution in [0.1, 0.15) is 36.0 Å². The highest BCUT2D eigenvalue weighted by Crippen LogP contribution is 2.30. The molecule has 0 bridgehead atoms. The van der Waals surface area contributed by atoms with Crippen LogP contribution in [0.25, 0.3) is 16.8 Å². The Balaban J connectivity index is 1.62. The average Bonchev–Trinajstić information content (AvgIpc) is 3.20. The summed E-state index contributed by atoms with van der Waals surface area (Å²) in [5.41, 5.74) is 8.37. The normalized spacial score (nSPS) is 18.5. The number of fused-ring (bicyclic) bond motifs is 1. The first-order valence-corrected chi connectivity index (χ1v) is 10.0. The quantitative estimate of drug-likeness (QED) is 0.593. The molecule has 1 amide bonds. The van der Waals surface area contributed by atoms with Crippen molar-refractivity contribution >= 4 is 23.2 Å². The van der Waals surface area contributed by atoms with E-state index in [2.05, 4.69) is 20.4 Å². The number of rotatable bonds is 5. The molecule has 10 heteroatoms. The van der Waals surface area contributed by atoms with Gasteiger partial charge in [-0.15, -0.1) is 0 Å². The highest BCUT2D eigenvalue weighted by molar-refractivity contribution is 6.05. The topological polar surface area (TPSA) is 134 Å². The number of amides is 1. The standard InChI is InChI=1S/C21H24N6O4/c1-30-17-9-13(7-8-23-17)16-10-15(18-19(22)24-11-25-27(16)18)20(28)26-14-5-3-12(4-6-14)21(29)31-2/h7-12,14H,3-6H2,1-2H3,(H,26,28)(H2,22,24,25)/t12-,14+. The molecule has 0 spiro atoms. The highest BCUT2D eigenvalue weighted by atomic mass is 16.5. The Morgan fingerprint density at radius 2 is 1.94 bits per heavy atom. The molecule has 3 aromatic rings. The maximum absolute atomic E-state index is 13.2. The molecule has 0 aromatic carbocycles. The van der Waals surface area contributed by atoms with E-state index in [9.17, 15) is 9.59 Å². The molecular formula is C21H24N6O4. The lowest BCUT2D eigenvalue weighted by molar-refractivity contribution is -0.146. The van der Waals surface area contributed by atoms with Crippen LogP contribution in [0.4, 0.5) is 5.82 Å². The number of hydrogen-bond donors (Lipinski definition) is 2. The molecule has 1 saturated carbocycles. The maximum atomic E-state index is 13.2. The Morgan fingerprint density at radius 3 is 2.65 bits per heavy atom. The molecule has 3 heterocycles. The summed E-state index contributed by atoms with van der Waals surface area (Å²) in [6.07, 6.45) is 5.75. The van der Waals surface area contributed by atoms with Crippen LogP contribution in [0.2, 0.25) is 0 Å². The van der Waals surface area contributed by atoms with Gasteiger partial charge in [0.25, 0.3) is 5.91 Å². The van der Waals surface area contributed by atoms with Gasteiger partial charge in [0.1, 0.15) is 11.8 Å². The smallest absolute Gasteiger partial charge is 0.308 e. The highest BCUT2D eigenvalue weighted by Gasteiger charge is 2.29. The van der Waals surface area contributed by atoms with Gasteiger partial charge in [-0.25, -0.2) is 14.5 Å². The molecule has 10 nitrogen and oxygen atoms in total. The number of carbonyl (C=O) groups excluding carboxylic acids is 2. The maximum Gasteiger partial charge on any atom is 0.308 e. The Kier molecular flexibility index (Phi) is 5.70. The SMILES string of the molecule is COc1cc(-c2cc(C(=O)N[C@H]3CC[C@@H](C(=O)OC)CC3)c3c(N)ncnn23)ccn1. The number of ether oxygens (including phenoxy) is 2. The predicted octanol–water partition coefficient (Wildman–Crippen LogP) is 1.84.